The maximum Gasteiger partial charge on any atom is 0.348 e. The summed E-state index contributed by atoms with van der Waals surface area (Å²) in [6.07, 6.45) is 0. The maximum atomic E-state index is 13.0. The van der Waals surface area contributed by atoms with Crippen molar-refractivity contribution in [3.8, 4) is 0 Å². The van der Waals surface area contributed by atoms with Gasteiger partial charge in [-0.05, 0) is 50.6 Å². The first-order chi connectivity index (χ1) is 15.4. The van der Waals surface area contributed by atoms with Crippen LogP contribution in [0.5, 0.6) is 0 Å². The van der Waals surface area contributed by atoms with E-state index in [0.717, 1.165) is 21.8 Å². The highest BCUT2D eigenvalue weighted by molar-refractivity contribution is 8.00. The number of anilines is 2. The van der Waals surface area contributed by atoms with E-state index in [1.807, 2.05) is 49.4 Å². The molecule has 3 aromatic rings. The van der Waals surface area contributed by atoms with Gasteiger partial charge in [0.05, 0.1) is 17.9 Å². The molecule has 0 fully saturated rings. The Morgan fingerprint density at radius 2 is 1.66 bits per heavy atom. The fraction of sp³-hybridized carbons (Fsp3) is 0.208. The van der Waals surface area contributed by atoms with Gasteiger partial charge in [0.2, 0.25) is 5.91 Å². The smallest absolute Gasteiger partial charge is 0.348 e. The van der Waals surface area contributed by atoms with Crippen LogP contribution in [0.3, 0.4) is 0 Å². The van der Waals surface area contributed by atoms with Crippen molar-refractivity contribution in [3.63, 3.8) is 0 Å². The number of carbonyl (C=O) groups is 3. The third-order valence-corrected chi connectivity index (χ3v) is 6.71. The molecule has 166 valence electrons. The van der Waals surface area contributed by atoms with E-state index in [-0.39, 0.29) is 23.8 Å². The van der Waals surface area contributed by atoms with Crippen molar-refractivity contribution in [2.75, 3.05) is 23.0 Å². The Balaban J connectivity index is 1.81. The van der Waals surface area contributed by atoms with Gasteiger partial charge in [-0.3, -0.25) is 9.59 Å². The molecule has 0 saturated carbocycles. The van der Waals surface area contributed by atoms with Crippen LogP contribution in [-0.2, 0) is 9.53 Å². The van der Waals surface area contributed by atoms with Crippen molar-refractivity contribution >= 4 is 51.6 Å². The molecule has 0 radical (unpaired) electrons. The Morgan fingerprint density at radius 1 is 0.969 bits per heavy atom. The number of hydrogen-bond acceptors (Lipinski definition) is 6. The number of esters is 1. The molecule has 6 nitrogen and oxygen atoms in total. The number of hydrogen-bond donors (Lipinski definition) is 2. The SMILES string of the molecule is CCOC(=O)c1sc(NC(=O)CSc2ccc(C)cc2)c(C(=O)Nc2ccccc2)c1C. The first-order valence-electron chi connectivity index (χ1n) is 10.0. The molecule has 0 spiro atoms. The Labute approximate surface area is 195 Å². The Morgan fingerprint density at radius 3 is 2.31 bits per heavy atom. The van der Waals surface area contributed by atoms with Gasteiger partial charge in [0.15, 0.2) is 0 Å². The summed E-state index contributed by atoms with van der Waals surface area (Å²) >= 11 is 2.45. The lowest BCUT2D eigenvalue weighted by Crippen LogP contribution is -2.18. The lowest BCUT2D eigenvalue weighted by molar-refractivity contribution is -0.113. The van der Waals surface area contributed by atoms with Crippen LogP contribution < -0.4 is 10.6 Å². The first-order valence-corrected chi connectivity index (χ1v) is 11.9. The molecule has 3 rings (SSSR count). The summed E-state index contributed by atoms with van der Waals surface area (Å²) in [5.74, 6) is -1.00. The van der Waals surface area contributed by atoms with E-state index in [1.165, 1.54) is 11.8 Å². The molecular formula is C24H24N2O4S2. The van der Waals surface area contributed by atoms with Gasteiger partial charge < -0.3 is 15.4 Å². The van der Waals surface area contributed by atoms with E-state index < -0.39 is 11.9 Å². The summed E-state index contributed by atoms with van der Waals surface area (Å²) in [6, 6.07) is 16.9. The third kappa shape index (κ3) is 5.99. The van der Waals surface area contributed by atoms with E-state index in [1.54, 1.807) is 26.0 Å². The van der Waals surface area contributed by atoms with Crippen molar-refractivity contribution < 1.29 is 19.1 Å². The molecule has 1 heterocycles. The van der Waals surface area contributed by atoms with Crippen molar-refractivity contribution in [1.29, 1.82) is 0 Å². The predicted molar refractivity (Wildman–Crippen MR) is 130 cm³/mol. The number of thioether (sulfide) groups is 1. The van der Waals surface area contributed by atoms with Gasteiger partial charge >= 0.3 is 5.97 Å². The van der Waals surface area contributed by atoms with Gasteiger partial charge in [0, 0.05) is 10.6 Å². The number of rotatable bonds is 8. The van der Waals surface area contributed by atoms with Crippen LogP contribution in [0, 0.1) is 13.8 Å². The number of benzene rings is 2. The Kier molecular flexibility index (Phi) is 8.08. The molecule has 2 aromatic carbocycles. The minimum absolute atomic E-state index is 0.175. The normalized spacial score (nSPS) is 10.5. The highest BCUT2D eigenvalue weighted by Gasteiger charge is 2.26. The maximum absolute atomic E-state index is 13.0. The number of ether oxygens (including phenoxy) is 1. The highest BCUT2D eigenvalue weighted by atomic mass is 32.2. The van der Waals surface area contributed by atoms with Gasteiger partial charge in [-0.1, -0.05) is 35.9 Å². The molecule has 0 unspecified atom stereocenters. The van der Waals surface area contributed by atoms with Crippen LogP contribution in [0.2, 0.25) is 0 Å². The summed E-state index contributed by atoms with van der Waals surface area (Å²) in [5.41, 5.74) is 2.50. The molecule has 0 saturated heterocycles. The van der Waals surface area contributed by atoms with Gasteiger partial charge in [0.25, 0.3) is 5.91 Å². The van der Waals surface area contributed by atoms with Crippen LogP contribution >= 0.6 is 23.1 Å². The van der Waals surface area contributed by atoms with Crippen LogP contribution in [0.25, 0.3) is 0 Å². The number of nitrogens with one attached hydrogen (secondary N) is 2. The largest absolute Gasteiger partial charge is 0.462 e. The molecule has 0 bridgehead atoms. The lowest BCUT2D eigenvalue weighted by Gasteiger charge is -2.09. The van der Waals surface area contributed by atoms with Gasteiger partial charge in [-0.15, -0.1) is 23.1 Å². The van der Waals surface area contributed by atoms with E-state index in [2.05, 4.69) is 10.6 Å². The van der Waals surface area contributed by atoms with Crippen LogP contribution in [0.4, 0.5) is 10.7 Å². The topological polar surface area (TPSA) is 84.5 Å². The summed E-state index contributed by atoms with van der Waals surface area (Å²) in [4.78, 5) is 39.3. The minimum atomic E-state index is -0.515. The summed E-state index contributed by atoms with van der Waals surface area (Å²) in [6.45, 7) is 5.62. The molecule has 8 heteroatoms. The van der Waals surface area contributed by atoms with E-state index in [4.69, 9.17) is 4.74 Å². The number of carbonyl (C=O) groups excluding carboxylic acids is 3. The van der Waals surface area contributed by atoms with Crippen LogP contribution in [-0.4, -0.2) is 30.1 Å². The molecule has 0 aliphatic carbocycles. The first kappa shape index (κ1) is 23.6. The Bertz CT molecular complexity index is 1110. The van der Waals surface area contributed by atoms with Gasteiger partial charge in [-0.2, -0.15) is 0 Å². The standard InChI is InChI=1S/C24H24N2O4S2/c1-4-30-24(29)21-16(3)20(22(28)25-17-8-6-5-7-9-17)23(32-21)26-19(27)14-31-18-12-10-15(2)11-13-18/h5-13H,4,14H2,1-3H3,(H,25,28)(H,26,27). The zero-order chi connectivity index (χ0) is 23.1. The van der Waals surface area contributed by atoms with Crippen molar-refractivity contribution in [2.45, 2.75) is 25.7 Å². The molecule has 2 N–H and O–H groups in total. The fourth-order valence-electron chi connectivity index (χ4n) is 2.93. The van der Waals surface area contributed by atoms with Crippen molar-refractivity contribution in [2.24, 2.45) is 0 Å². The molecule has 0 aliphatic heterocycles. The fourth-order valence-corrected chi connectivity index (χ4v) is 4.74. The number of amides is 2. The summed E-state index contributed by atoms with van der Waals surface area (Å²) in [5, 5.41) is 5.95. The molecule has 0 atom stereocenters. The zero-order valence-electron chi connectivity index (χ0n) is 18.1. The van der Waals surface area contributed by atoms with E-state index >= 15 is 0 Å². The lowest BCUT2D eigenvalue weighted by atomic mass is 10.1. The van der Waals surface area contributed by atoms with Crippen LogP contribution in [0.15, 0.2) is 59.5 Å². The zero-order valence-corrected chi connectivity index (χ0v) is 19.7. The Hall–Kier alpha value is -3.10. The number of aryl methyl sites for hydroxylation is 1. The summed E-state index contributed by atoms with van der Waals surface area (Å²) < 4.78 is 5.12. The molecule has 1 aromatic heterocycles. The average molecular weight is 469 g/mol. The van der Waals surface area contributed by atoms with Crippen molar-refractivity contribution in [1.82, 2.24) is 0 Å². The second-order valence-corrected chi connectivity index (χ2v) is 9.02. The monoisotopic (exact) mass is 468 g/mol. The summed E-state index contributed by atoms with van der Waals surface area (Å²) in [7, 11) is 0. The number of para-hydroxylation sites is 1. The average Bonchev–Trinajstić information content (AvgIpc) is 3.10. The highest BCUT2D eigenvalue weighted by Crippen LogP contribution is 2.34. The molecule has 0 aliphatic rings. The minimum Gasteiger partial charge on any atom is -0.462 e. The number of thiophene rings is 1. The molecule has 32 heavy (non-hydrogen) atoms. The second-order valence-electron chi connectivity index (χ2n) is 6.95. The molecule has 2 amide bonds. The van der Waals surface area contributed by atoms with Gasteiger partial charge in [0.1, 0.15) is 9.88 Å². The second kappa shape index (κ2) is 11.0. The predicted octanol–water partition coefficient (Wildman–Crippen LogP) is 5.52. The quantitative estimate of drug-likeness (QED) is 0.336. The van der Waals surface area contributed by atoms with E-state index in [9.17, 15) is 14.4 Å². The van der Waals surface area contributed by atoms with Crippen LogP contribution in [0.1, 0.15) is 38.1 Å². The van der Waals surface area contributed by atoms with Crippen molar-refractivity contribution in [3.05, 3.63) is 76.2 Å². The third-order valence-electron chi connectivity index (χ3n) is 4.51. The van der Waals surface area contributed by atoms with E-state index in [0.29, 0.717) is 21.1 Å². The molecular weight excluding hydrogens is 444 g/mol. The van der Waals surface area contributed by atoms with Gasteiger partial charge in [-0.25, -0.2) is 4.79 Å².